The highest BCUT2D eigenvalue weighted by molar-refractivity contribution is 5.76. The van der Waals surface area contributed by atoms with Crippen molar-refractivity contribution in [3.05, 3.63) is 23.8 Å². The van der Waals surface area contributed by atoms with Crippen LogP contribution in [-0.4, -0.2) is 35.7 Å². The monoisotopic (exact) mass is 414 g/mol. The average molecular weight is 415 g/mol. The Morgan fingerprint density at radius 1 is 1.00 bits per heavy atom. The molecule has 5 nitrogen and oxygen atoms in total. The summed E-state index contributed by atoms with van der Waals surface area (Å²) in [7, 11) is 0. The summed E-state index contributed by atoms with van der Waals surface area (Å²) in [5.74, 6) is 1.98. The van der Waals surface area contributed by atoms with Gasteiger partial charge in [-0.15, -0.1) is 0 Å². The van der Waals surface area contributed by atoms with Crippen molar-refractivity contribution in [2.24, 2.45) is 0 Å². The van der Waals surface area contributed by atoms with Crippen LogP contribution in [-0.2, 0) is 11.3 Å². The molecule has 2 fully saturated rings. The van der Waals surface area contributed by atoms with E-state index in [1.54, 1.807) is 0 Å². The van der Waals surface area contributed by atoms with Crippen molar-refractivity contribution in [2.75, 3.05) is 6.79 Å². The van der Waals surface area contributed by atoms with E-state index in [2.05, 4.69) is 29.3 Å². The van der Waals surface area contributed by atoms with Gasteiger partial charge in [-0.1, -0.05) is 51.5 Å². The molecule has 3 aliphatic heterocycles. The molecule has 3 atom stereocenters. The van der Waals surface area contributed by atoms with E-state index in [0.717, 1.165) is 37.3 Å². The fourth-order valence-corrected chi connectivity index (χ4v) is 5.44. The normalized spacial score (nSPS) is 24.9. The first-order valence-corrected chi connectivity index (χ1v) is 12.2. The van der Waals surface area contributed by atoms with Crippen molar-refractivity contribution in [3.63, 3.8) is 0 Å². The molecule has 1 N–H and O–H groups in total. The number of amides is 1. The number of nitrogens with zero attached hydrogens (tertiary/aromatic N) is 1. The molecule has 5 heteroatoms. The van der Waals surface area contributed by atoms with Crippen molar-refractivity contribution < 1.29 is 14.3 Å². The smallest absolute Gasteiger partial charge is 0.231 e. The summed E-state index contributed by atoms with van der Waals surface area (Å²) in [4.78, 5) is 15.1. The number of piperidine rings is 1. The van der Waals surface area contributed by atoms with Gasteiger partial charge in [0.15, 0.2) is 11.5 Å². The topological polar surface area (TPSA) is 50.8 Å². The van der Waals surface area contributed by atoms with Gasteiger partial charge in [-0.05, 0) is 49.8 Å². The number of benzene rings is 1. The Bertz CT molecular complexity index is 694. The van der Waals surface area contributed by atoms with Crippen LogP contribution in [0.25, 0.3) is 0 Å². The molecule has 4 rings (SSSR count). The first kappa shape index (κ1) is 21.5. The molecule has 2 bridgehead atoms. The van der Waals surface area contributed by atoms with Gasteiger partial charge >= 0.3 is 0 Å². The summed E-state index contributed by atoms with van der Waals surface area (Å²) in [5, 5.41) is 3.35. The maximum Gasteiger partial charge on any atom is 0.231 e. The maximum atomic E-state index is 12.4. The number of ether oxygens (including phenoxy) is 2. The summed E-state index contributed by atoms with van der Waals surface area (Å²) in [6, 6.07) is 7.82. The van der Waals surface area contributed by atoms with Gasteiger partial charge in [0.25, 0.3) is 0 Å². The number of nitrogens with one attached hydrogen (secondary N) is 1. The quantitative estimate of drug-likeness (QED) is 0.508. The van der Waals surface area contributed by atoms with Crippen LogP contribution in [0.2, 0.25) is 0 Å². The second kappa shape index (κ2) is 10.5. The number of carbonyl (C=O) groups is 1. The number of rotatable bonds is 11. The van der Waals surface area contributed by atoms with Crippen LogP contribution in [0.3, 0.4) is 0 Å². The number of hydrogen-bond donors (Lipinski definition) is 1. The summed E-state index contributed by atoms with van der Waals surface area (Å²) in [5.41, 5.74) is 1.29. The van der Waals surface area contributed by atoms with E-state index in [-0.39, 0.29) is 5.91 Å². The average Bonchev–Trinajstić information content (AvgIpc) is 3.29. The summed E-state index contributed by atoms with van der Waals surface area (Å²) in [6.45, 7) is 3.54. The van der Waals surface area contributed by atoms with Crippen LogP contribution >= 0.6 is 0 Å². The SMILES string of the molecule is CCCCCCCCCC(=O)NC1C[C@H]2CC[C@@H](C1)N2Cc1ccc2c(c1)OCO2. The molecule has 2 saturated heterocycles. The van der Waals surface area contributed by atoms with E-state index < -0.39 is 0 Å². The van der Waals surface area contributed by atoms with Gasteiger partial charge in [-0.2, -0.15) is 0 Å². The Morgan fingerprint density at radius 2 is 1.70 bits per heavy atom. The van der Waals surface area contributed by atoms with Gasteiger partial charge in [-0.25, -0.2) is 0 Å². The van der Waals surface area contributed by atoms with Crippen molar-refractivity contribution in [2.45, 2.75) is 109 Å². The standard InChI is InChI=1S/C25H38N2O3/c1-2-3-4-5-6-7-8-9-25(28)26-20-15-21-11-12-22(16-20)27(21)17-19-10-13-23-24(14-19)30-18-29-23/h10,13-14,20-22H,2-9,11-12,15-18H2,1H3,(H,26,28)/t20?,21-,22+. The summed E-state index contributed by atoms with van der Waals surface area (Å²) >= 11 is 0. The minimum Gasteiger partial charge on any atom is -0.454 e. The molecular weight excluding hydrogens is 376 g/mol. The molecule has 1 aromatic carbocycles. The molecule has 1 unspecified atom stereocenters. The minimum atomic E-state index is 0.261. The largest absolute Gasteiger partial charge is 0.454 e. The Labute approximate surface area is 181 Å². The molecule has 0 radical (unpaired) electrons. The van der Waals surface area contributed by atoms with Crippen molar-refractivity contribution in [1.29, 1.82) is 0 Å². The van der Waals surface area contributed by atoms with Crippen LogP contribution < -0.4 is 14.8 Å². The second-order valence-electron chi connectivity index (χ2n) is 9.35. The van der Waals surface area contributed by atoms with E-state index in [0.29, 0.717) is 31.3 Å². The predicted octanol–water partition coefficient (Wildman–Crippen LogP) is 5.17. The molecule has 3 heterocycles. The summed E-state index contributed by atoms with van der Waals surface area (Å²) in [6.07, 6.45) is 14.2. The molecule has 3 aliphatic rings. The summed E-state index contributed by atoms with van der Waals surface area (Å²) < 4.78 is 11.0. The third kappa shape index (κ3) is 5.48. The lowest BCUT2D eigenvalue weighted by Crippen LogP contribution is -2.49. The number of unbranched alkanes of at least 4 members (excludes halogenated alkanes) is 6. The Balaban J connectivity index is 1.18. The van der Waals surface area contributed by atoms with Crippen LogP contribution in [0, 0.1) is 0 Å². The number of fused-ring (bicyclic) bond motifs is 3. The van der Waals surface area contributed by atoms with E-state index in [4.69, 9.17) is 9.47 Å². The van der Waals surface area contributed by atoms with E-state index in [9.17, 15) is 4.79 Å². The van der Waals surface area contributed by atoms with Gasteiger partial charge in [0.05, 0.1) is 0 Å². The third-order valence-corrected chi connectivity index (χ3v) is 7.06. The van der Waals surface area contributed by atoms with E-state index in [1.807, 2.05) is 6.07 Å². The molecule has 0 saturated carbocycles. The van der Waals surface area contributed by atoms with Crippen molar-refractivity contribution in [1.82, 2.24) is 10.2 Å². The van der Waals surface area contributed by atoms with Crippen LogP contribution in [0.15, 0.2) is 18.2 Å². The van der Waals surface area contributed by atoms with Crippen LogP contribution in [0.4, 0.5) is 0 Å². The maximum absolute atomic E-state index is 12.4. The molecule has 0 spiro atoms. The van der Waals surface area contributed by atoms with Gasteiger partial charge < -0.3 is 14.8 Å². The zero-order valence-corrected chi connectivity index (χ0v) is 18.5. The van der Waals surface area contributed by atoms with Gasteiger partial charge in [0, 0.05) is 31.1 Å². The Kier molecular flexibility index (Phi) is 7.53. The Hall–Kier alpha value is -1.75. The second-order valence-corrected chi connectivity index (χ2v) is 9.35. The predicted molar refractivity (Wildman–Crippen MR) is 119 cm³/mol. The van der Waals surface area contributed by atoms with Gasteiger partial charge in [0.1, 0.15) is 0 Å². The minimum absolute atomic E-state index is 0.261. The molecule has 0 aliphatic carbocycles. The highest BCUT2D eigenvalue weighted by Crippen LogP contribution is 2.38. The van der Waals surface area contributed by atoms with Crippen LogP contribution in [0.1, 0.15) is 89.5 Å². The molecular formula is C25H38N2O3. The lowest BCUT2D eigenvalue weighted by Gasteiger charge is -2.39. The third-order valence-electron chi connectivity index (χ3n) is 7.06. The highest BCUT2D eigenvalue weighted by atomic mass is 16.7. The van der Waals surface area contributed by atoms with Gasteiger partial charge in [0.2, 0.25) is 12.7 Å². The van der Waals surface area contributed by atoms with Crippen molar-refractivity contribution in [3.8, 4) is 11.5 Å². The number of hydrogen-bond acceptors (Lipinski definition) is 4. The van der Waals surface area contributed by atoms with Crippen LogP contribution in [0.5, 0.6) is 11.5 Å². The lowest BCUT2D eigenvalue weighted by molar-refractivity contribution is -0.122. The zero-order chi connectivity index (χ0) is 20.8. The molecule has 1 aromatic rings. The van der Waals surface area contributed by atoms with E-state index >= 15 is 0 Å². The zero-order valence-electron chi connectivity index (χ0n) is 18.5. The molecule has 166 valence electrons. The lowest BCUT2D eigenvalue weighted by atomic mass is 9.96. The molecule has 30 heavy (non-hydrogen) atoms. The first-order valence-electron chi connectivity index (χ1n) is 12.2. The number of carbonyl (C=O) groups excluding carboxylic acids is 1. The van der Waals surface area contributed by atoms with E-state index in [1.165, 1.54) is 56.9 Å². The fourth-order valence-electron chi connectivity index (χ4n) is 5.44. The molecule has 0 aromatic heterocycles. The van der Waals surface area contributed by atoms with Crippen molar-refractivity contribution >= 4 is 5.91 Å². The first-order chi connectivity index (χ1) is 14.7. The van der Waals surface area contributed by atoms with Gasteiger partial charge in [-0.3, -0.25) is 9.69 Å². The Morgan fingerprint density at radius 3 is 2.47 bits per heavy atom. The fraction of sp³-hybridized carbons (Fsp3) is 0.720. The highest BCUT2D eigenvalue weighted by Gasteiger charge is 2.40. The molecule has 1 amide bonds.